The molecule has 4 rings (SSSR count). The molecule has 0 aliphatic carbocycles. The second-order valence-electron chi connectivity index (χ2n) is 8.60. The first-order valence-electron chi connectivity index (χ1n) is 12.0. The summed E-state index contributed by atoms with van der Waals surface area (Å²) in [5.41, 5.74) is 9.61. The fourth-order valence-electron chi connectivity index (χ4n) is 3.98. The Balaban J connectivity index is 1.29. The summed E-state index contributed by atoms with van der Waals surface area (Å²) in [5.74, 6) is 0.634. The van der Waals surface area contributed by atoms with Crippen molar-refractivity contribution in [2.75, 3.05) is 13.1 Å². The van der Waals surface area contributed by atoms with Gasteiger partial charge in [0.25, 0.3) is 0 Å². The molecule has 0 aliphatic heterocycles. The third-order valence-electron chi connectivity index (χ3n) is 5.91. The molecule has 0 bridgehead atoms. The van der Waals surface area contributed by atoms with Gasteiger partial charge in [0.05, 0.1) is 5.56 Å². The smallest absolute Gasteiger partial charge is 0.250 e. The molecule has 2 N–H and O–H groups in total. The lowest BCUT2D eigenvalue weighted by molar-refractivity contribution is 0.1000. The summed E-state index contributed by atoms with van der Waals surface area (Å²) in [6.45, 7) is 3.03. The second kappa shape index (κ2) is 12.5. The van der Waals surface area contributed by atoms with Crippen LogP contribution in [0, 0.1) is 0 Å². The molecule has 0 saturated carbocycles. The molecule has 1 amide bonds. The van der Waals surface area contributed by atoms with Gasteiger partial charge in [-0.2, -0.15) is 0 Å². The van der Waals surface area contributed by atoms with Crippen molar-refractivity contribution < 1.29 is 9.53 Å². The van der Waals surface area contributed by atoms with E-state index in [9.17, 15) is 4.79 Å². The fraction of sp³-hybridized carbons (Fsp3) is 0.200. The molecule has 3 aromatic carbocycles. The predicted molar refractivity (Wildman–Crippen MR) is 139 cm³/mol. The standard InChI is InChI=1S/C30H31N3O2/c31-30(34)27-15-18-29(32-22-27)35-28-16-13-25(14-17-28)12-7-20-33(23-26-10-5-2-6-11-26)21-19-24-8-3-1-4-9-24/h1-6,8-11,13-18,22H,7,12,19-21,23H2,(H2,31,34). The third kappa shape index (κ3) is 7.80. The fourth-order valence-corrected chi connectivity index (χ4v) is 3.98. The topological polar surface area (TPSA) is 68.5 Å². The summed E-state index contributed by atoms with van der Waals surface area (Å²) >= 11 is 0. The first-order chi connectivity index (χ1) is 17.2. The number of nitrogens with two attached hydrogens (primary N) is 1. The SMILES string of the molecule is NC(=O)c1ccc(Oc2ccc(CCCN(CCc3ccccc3)Cc3ccccc3)cc2)nc1. The molecule has 0 radical (unpaired) electrons. The van der Waals surface area contributed by atoms with E-state index in [1.54, 1.807) is 12.1 Å². The maximum absolute atomic E-state index is 11.2. The van der Waals surface area contributed by atoms with Crippen molar-refractivity contribution in [3.05, 3.63) is 126 Å². The zero-order valence-electron chi connectivity index (χ0n) is 19.8. The Hall–Kier alpha value is -3.96. The van der Waals surface area contributed by atoms with Crippen LogP contribution < -0.4 is 10.5 Å². The van der Waals surface area contributed by atoms with E-state index in [1.807, 2.05) is 12.1 Å². The first kappa shape index (κ1) is 24.2. The quantitative estimate of drug-likeness (QED) is 0.294. The molecule has 0 aliphatic rings. The number of primary amides is 1. The Bertz CT molecular complexity index is 1180. The van der Waals surface area contributed by atoms with Crippen molar-refractivity contribution in [2.24, 2.45) is 5.73 Å². The first-order valence-corrected chi connectivity index (χ1v) is 12.0. The summed E-state index contributed by atoms with van der Waals surface area (Å²) in [6, 6.07) is 32.7. The number of aromatic nitrogens is 1. The average Bonchev–Trinajstić information content (AvgIpc) is 2.90. The van der Waals surface area contributed by atoms with Gasteiger partial charge in [-0.25, -0.2) is 4.98 Å². The van der Waals surface area contributed by atoms with Crippen LogP contribution in [-0.2, 0) is 19.4 Å². The minimum atomic E-state index is -0.504. The van der Waals surface area contributed by atoms with Gasteiger partial charge in [-0.05, 0) is 60.7 Å². The number of rotatable bonds is 12. The molecule has 5 nitrogen and oxygen atoms in total. The zero-order chi connectivity index (χ0) is 24.3. The molecule has 4 aromatic rings. The monoisotopic (exact) mass is 465 g/mol. The molecule has 1 aromatic heterocycles. The molecule has 1 heterocycles. The van der Waals surface area contributed by atoms with Crippen molar-refractivity contribution in [2.45, 2.75) is 25.8 Å². The lowest BCUT2D eigenvalue weighted by Gasteiger charge is -2.22. The van der Waals surface area contributed by atoms with Crippen LogP contribution in [0.2, 0.25) is 0 Å². The molecule has 0 spiro atoms. The molecule has 0 unspecified atom stereocenters. The largest absolute Gasteiger partial charge is 0.439 e. The number of hydrogen-bond donors (Lipinski definition) is 1. The lowest BCUT2D eigenvalue weighted by Crippen LogP contribution is -2.27. The van der Waals surface area contributed by atoms with Crippen LogP contribution in [0.1, 0.15) is 33.5 Å². The van der Waals surface area contributed by atoms with Gasteiger partial charge in [0.15, 0.2) is 0 Å². The minimum Gasteiger partial charge on any atom is -0.439 e. The number of benzene rings is 3. The van der Waals surface area contributed by atoms with Gasteiger partial charge in [0.1, 0.15) is 5.75 Å². The van der Waals surface area contributed by atoms with E-state index in [0.29, 0.717) is 17.2 Å². The van der Waals surface area contributed by atoms with E-state index in [0.717, 1.165) is 38.9 Å². The van der Waals surface area contributed by atoms with Crippen LogP contribution in [0.25, 0.3) is 0 Å². The summed E-state index contributed by atoms with van der Waals surface area (Å²) in [6.07, 6.45) is 4.56. The van der Waals surface area contributed by atoms with Gasteiger partial charge >= 0.3 is 0 Å². The van der Waals surface area contributed by atoms with E-state index >= 15 is 0 Å². The van der Waals surface area contributed by atoms with E-state index in [-0.39, 0.29) is 0 Å². The highest BCUT2D eigenvalue weighted by molar-refractivity contribution is 5.92. The molecule has 178 valence electrons. The molecule has 5 heteroatoms. The maximum Gasteiger partial charge on any atom is 0.250 e. The molecular weight excluding hydrogens is 434 g/mol. The van der Waals surface area contributed by atoms with Crippen molar-refractivity contribution >= 4 is 5.91 Å². The Labute approximate surface area is 207 Å². The number of ether oxygens (including phenoxy) is 1. The van der Waals surface area contributed by atoms with E-state index in [2.05, 4.69) is 82.7 Å². The number of aryl methyl sites for hydroxylation is 1. The molecular formula is C30H31N3O2. The van der Waals surface area contributed by atoms with Gasteiger partial charge in [0, 0.05) is 25.4 Å². The number of amides is 1. The zero-order valence-corrected chi connectivity index (χ0v) is 19.8. The normalized spacial score (nSPS) is 10.9. The number of nitrogens with zero attached hydrogens (tertiary/aromatic N) is 2. The minimum absolute atomic E-state index is 0.359. The Morgan fingerprint density at radius 3 is 2.03 bits per heavy atom. The van der Waals surface area contributed by atoms with Crippen molar-refractivity contribution in [3.8, 4) is 11.6 Å². The Morgan fingerprint density at radius 1 is 0.743 bits per heavy atom. The summed E-state index contributed by atoms with van der Waals surface area (Å²) in [5, 5.41) is 0. The number of carbonyl (C=O) groups is 1. The maximum atomic E-state index is 11.2. The lowest BCUT2D eigenvalue weighted by atomic mass is 10.1. The molecule has 0 fully saturated rings. The molecule has 0 atom stereocenters. The number of hydrogen-bond acceptors (Lipinski definition) is 4. The van der Waals surface area contributed by atoms with E-state index in [4.69, 9.17) is 10.5 Å². The highest BCUT2D eigenvalue weighted by Gasteiger charge is 2.08. The summed E-state index contributed by atoms with van der Waals surface area (Å²) in [7, 11) is 0. The van der Waals surface area contributed by atoms with Crippen LogP contribution in [-0.4, -0.2) is 28.9 Å². The Morgan fingerprint density at radius 2 is 1.40 bits per heavy atom. The highest BCUT2D eigenvalue weighted by Crippen LogP contribution is 2.20. The summed E-state index contributed by atoms with van der Waals surface area (Å²) in [4.78, 5) is 17.8. The van der Waals surface area contributed by atoms with E-state index in [1.165, 1.54) is 22.9 Å². The predicted octanol–water partition coefficient (Wildman–Crippen LogP) is 5.65. The van der Waals surface area contributed by atoms with Gasteiger partial charge in [-0.1, -0.05) is 72.8 Å². The highest BCUT2D eigenvalue weighted by atomic mass is 16.5. The Kier molecular flexibility index (Phi) is 8.63. The van der Waals surface area contributed by atoms with Crippen molar-refractivity contribution in [1.82, 2.24) is 9.88 Å². The van der Waals surface area contributed by atoms with Gasteiger partial charge in [0.2, 0.25) is 11.8 Å². The van der Waals surface area contributed by atoms with Crippen molar-refractivity contribution in [3.63, 3.8) is 0 Å². The molecule has 0 saturated heterocycles. The van der Waals surface area contributed by atoms with Crippen LogP contribution in [0.15, 0.2) is 103 Å². The van der Waals surface area contributed by atoms with Crippen LogP contribution in [0.3, 0.4) is 0 Å². The number of carbonyl (C=O) groups excluding carboxylic acids is 1. The van der Waals surface area contributed by atoms with E-state index < -0.39 is 5.91 Å². The van der Waals surface area contributed by atoms with Crippen LogP contribution >= 0.6 is 0 Å². The molecule has 35 heavy (non-hydrogen) atoms. The third-order valence-corrected chi connectivity index (χ3v) is 5.91. The second-order valence-corrected chi connectivity index (χ2v) is 8.60. The van der Waals surface area contributed by atoms with Crippen LogP contribution in [0.5, 0.6) is 11.6 Å². The van der Waals surface area contributed by atoms with Gasteiger partial charge in [-0.3, -0.25) is 9.69 Å². The summed E-state index contributed by atoms with van der Waals surface area (Å²) < 4.78 is 5.78. The van der Waals surface area contributed by atoms with Gasteiger partial charge < -0.3 is 10.5 Å². The van der Waals surface area contributed by atoms with Crippen LogP contribution in [0.4, 0.5) is 0 Å². The van der Waals surface area contributed by atoms with Gasteiger partial charge in [-0.15, -0.1) is 0 Å². The average molecular weight is 466 g/mol. The van der Waals surface area contributed by atoms with Crippen molar-refractivity contribution in [1.29, 1.82) is 0 Å². The number of pyridine rings is 1.